The van der Waals surface area contributed by atoms with Crippen LogP contribution in [-0.4, -0.2) is 27.7 Å². The van der Waals surface area contributed by atoms with Gasteiger partial charge < -0.3 is 4.74 Å². The molecule has 3 aromatic carbocycles. The predicted octanol–water partition coefficient (Wildman–Crippen LogP) is 7.04. The summed E-state index contributed by atoms with van der Waals surface area (Å²) in [7, 11) is 1.45. The fourth-order valence-electron chi connectivity index (χ4n) is 4.51. The molecule has 1 unspecified atom stereocenters. The van der Waals surface area contributed by atoms with Crippen molar-refractivity contribution in [1.29, 1.82) is 0 Å². The highest BCUT2D eigenvalue weighted by molar-refractivity contribution is 7.09. The molecule has 0 aliphatic carbocycles. The number of carbonyl (C=O) groups excluding carboxylic acids is 1. The summed E-state index contributed by atoms with van der Waals surface area (Å²) in [6, 6.07) is 24.9. The third-order valence-corrected chi connectivity index (χ3v) is 7.23. The molecular formula is C30H27N3O2S. The summed E-state index contributed by atoms with van der Waals surface area (Å²) in [5.74, 6) is -0.275. The van der Waals surface area contributed by atoms with Crippen LogP contribution in [0.1, 0.15) is 42.4 Å². The summed E-state index contributed by atoms with van der Waals surface area (Å²) in [6.07, 6.45) is 4.13. The van der Waals surface area contributed by atoms with Crippen molar-refractivity contribution < 1.29 is 9.53 Å². The van der Waals surface area contributed by atoms with Gasteiger partial charge in [-0.05, 0) is 69.9 Å². The van der Waals surface area contributed by atoms with E-state index in [4.69, 9.17) is 4.74 Å². The first-order valence-electron chi connectivity index (χ1n) is 12.0. The third kappa shape index (κ3) is 4.90. The van der Waals surface area contributed by atoms with Crippen LogP contribution in [0.3, 0.4) is 0 Å². The lowest BCUT2D eigenvalue weighted by Gasteiger charge is -2.18. The van der Waals surface area contributed by atoms with Crippen LogP contribution in [0.2, 0.25) is 0 Å². The molecule has 0 N–H and O–H groups in total. The molecule has 0 radical (unpaired) electrons. The highest BCUT2D eigenvalue weighted by atomic mass is 32.1. The minimum Gasteiger partial charge on any atom is -0.469 e. The second-order valence-corrected chi connectivity index (χ2v) is 9.97. The molecule has 5 aromatic rings. The van der Waals surface area contributed by atoms with Crippen LogP contribution in [0.5, 0.6) is 0 Å². The van der Waals surface area contributed by atoms with Crippen molar-refractivity contribution in [2.75, 3.05) is 7.11 Å². The summed E-state index contributed by atoms with van der Waals surface area (Å²) in [6.45, 7) is 4.39. The Hall–Kier alpha value is -3.90. The number of rotatable bonds is 7. The SMILES string of the molecule is COC(=O)C(Cc1ccc(-c2cnns2)cc1)c1cccc(-c2cc(C(C)C)cc3cccnc23)c1. The molecule has 0 aliphatic heterocycles. The molecule has 2 heterocycles. The fraction of sp³-hybridized carbons (Fsp3) is 0.200. The number of pyridine rings is 1. The summed E-state index contributed by atoms with van der Waals surface area (Å²) in [5.41, 5.74) is 7.39. The van der Waals surface area contributed by atoms with E-state index in [1.807, 2.05) is 36.5 Å². The highest BCUT2D eigenvalue weighted by Crippen LogP contribution is 2.34. The quantitative estimate of drug-likeness (QED) is 0.227. The lowest BCUT2D eigenvalue weighted by molar-refractivity contribution is -0.142. The van der Waals surface area contributed by atoms with Crippen LogP contribution in [0.4, 0.5) is 0 Å². The Morgan fingerprint density at radius 2 is 1.78 bits per heavy atom. The van der Waals surface area contributed by atoms with E-state index in [-0.39, 0.29) is 5.97 Å². The maximum Gasteiger partial charge on any atom is 0.313 e. The second-order valence-electron chi connectivity index (χ2n) is 9.18. The highest BCUT2D eigenvalue weighted by Gasteiger charge is 2.23. The van der Waals surface area contributed by atoms with E-state index in [9.17, 15) is 4.79 Å². The van der Waals surface area contributed by atoms with Gasteiger partial charge in [0.15, 0.2) is 0 Å². The maximum atomic E-state index is 12.9. The van der Waals surface area contributed by atoms with Gasteiger partial charge in [-0.3, -0.25) is 9.78 Å². The molecule has 0 fully saturated rings. The normalized spacial score (nSPS) is 12.1. The summed E-state index contributed by atoms with van der Waals surface area (Å²) < 4.78 is 9.16. The van der Waals surface area contributed by atoms with Gasteiger partial charge in [0, 0.05) is 17.1 Å². The number of nitrogens with zero attached hydrogens (tertiary/aromatic N) is 3. The maximum absolute atomic E-state index is 12.9. The number of hydrogen-bond donors (Lipinski definition) is 0. The number of hydrogen-bond acceptors (Lipinski definition) is 6. The van der Waals surface area contributed by atoms with Gasteiger partial charge in [-0.15, -0.1) is 5.10 Å². The molecule has 6 heteroatoms. The van der Waals surface area contributed by atoms with E-state index in [1.165, 1.54) is 24.2 Å². The molecule has 5 rings (SSSR count). The van der Waals surface area contributed by atoms with Crippen LogP contribution in [0.15, 0.2) is 85.2 Å². The first kappa shape index (κ1) is 23.8. The Kier molecular flexibility index (Phi) is 6.87. The average molecular weight is 494 g/mol. The average Bonchev–Trinajstić information content (AvgIpc) is 3.46. The summed E-state index contributed by atoms with van der Waals surface area (Å²) in [4.78, 5) is 18.6. The molecule has 0 aliphatic rings. The summed E-state index contributed by atoms with van der Waals surface area (Å²) in [5, 5.41) is 5.03. The molecular weight excluding hydrogens is 466 g/mol. The molecule has 1 atom stereocenters. The zero-order chi connectivity index (χ0) is 25.1. The standard InChI is InChI=1S/C30H27N3O2S/c1-19(2)25-16-24-8-5-13-31-29(24)26(17-25)22-6-4-7-23(15-22)27(30(34)35-3)14-20-9-11-21(12-10-20)28-18-32-33-36-28/h4-13,15-19,27H,14H2,1-3H3. The van der Waals surface area contributed by atoms with E-state index >= 15 is 0 Å². The molecule has 0 amide bonds. The number of benzene rings is 3. The zero-order valence-corrected chi connectivity index (χ0v) is 21.3. The lowest BCUT2D eigenvalue weighted by Crippen LogP contribution is -2.17. The van der Waals surface area contributed by atoms with Crippen molar-refractivity contribution in [3.8, 4) is 21.6 Å². The molecule has 0 saturated carbocycles. The number of fused-ring (bicyclic) bond motifs is 1. The number of methoxy groups -OCH3 is 1. The Bertz CT molecular complexity index is 1490. The Balaban J connectivity index is 1.52. The molecule has 180 valence electrons. The van der Waals surface area contributed by atoms with Crippen molar-refractivity contribution in [2.24, 2.45) is 0 Å². The minimum absolute atomic E-state index is 0.248. The molecule has 36 heavy (non-hydrogen) atoms. The van der Waals surface area contributed by atoms with E-state index in [2.05, 4.69) is 70.9 Å². The van der Waals surface area contributed by atoms with Gasteiger partial charge >= 0.3 is 5.97 Å². The number of aromatic nitrogens is 3. The number of carbonyl (C=O) groups is 1. The molecule has 5 nitrogen and oxygen atoms in total. The van der Waals surface area contributed by atoms with Gasteiger partial charge in [0.2, 0.25) is 0 Å². The second kappa shape index (κ2) is 10.4. The lowest BCUT2D eigenvalue weighted by atomic mass is 9.88. The number of esters is 1. The summed E-state index contributed by atoms with van der Waals surface area (Å²) >= 11 is 1.36. The van der Waals surface area contributed by atoms with Crippen LogP contribution in [0.25, 0.3) is 32.5 Å². The smallest absolute Gasteiger partial charge is 0.313 e. The monoisotopic (exact) mass is 493 g/mol. The molecule has 0 bridgehead atoms. The van der Waals surface area contributed by atoms with E-state index < -0.39 is 5.92 Å². The van der Waals surface area contributed by atoms with Crippen molar-refractivity contribution in [2.45, 2.75) is 32.1 Å². The van der Waals surface area contributed by atoms with Crippen molar-refractivity contribution in [3.05, 3.63) is 102 Å². The van der Waals surface area contributed by atoms with Crippen molar-refractivity contribution in [3.63, 3.8) is 0 Å². The van der Waals surface area contributed by atoms with Crippen molar-refractivity contribution >= 4 is 28.4 Å². The van der Waals surface area contributed by atoms with Crippen LogP contribution < -0.4 is 0 Å². The first-order valence-corrected chi connectivity index (χ1v) is 12.7. The molecule has 0 spiro atoms. The van der Waals surface area contributed by atoms with Crippen molar-refractivity contribution in [1.82, 2.24) is 14.6 Å². The predicted molar refractivity (Wildman–Crippen MR) is 145 cm³/mol. The Labute approximate surface area is 215 Å². The topological polar surface area (TPSA) is 65.0 Å². The van der Waals surface area contributed by atoms with E-state index in [1.54, 1.807) is 6.20 Å². The van der Waals surface area contributed by atoms with Gasteiger partial charge in [0.25, 0.3) is 0 Å². The fourth-order valence-corrected chi connectivity index (χ4v) is 5.02. The minimum atomic E-state index is -0.418. The zero-order valence-electron chi connectivity index (χ0n) is 20.5. The molecule has 2 aromatic heterocycles. The van der Waals surface area contributed by atoms with Crippen LogP contribution >= 0.6 is 11.5 Å². The van der Waals surface area contributed by atoms with Gasteiger partial charge in [-0.2, -0.15) is 0 Å². The van der Waals surface area contributed by atoms with Gasteiger partial charge in [0.1, 0.15) is 0 Å². The number of ether oxygens (including phenoxy) is 1. The Morgan fingerprint density at radius 3 is 2.50 bits per heavy atom. The first-order chi connectivity index (χ1) is 17.5. The van der Waals surface area contributed by atoms with Crippen LogP contribution in [0, 0.1) is 0 Å². The molecule has 0 saturated heterocycles. The van der Waals surface area contributed by atoms with Crippen LogP contribution in [-0.2, 0) is 16.0 Å². The Morgan fingerprint density at radius 1 is 0.944 bits per heavy atom. The largest absolute Gasteiger partial charge is 0.469 e. The third-order valence-electron chi connectivity index (χ3n) is 6.52. The van der Waals surface area contributed by atoms with Gasteiger partial charge in [0.05, 0.1) is 29.6 Å². The van der Waals surface area contributed by atoms with Gasteiger partial charge in [-0.1, -0.05) is 72.9 Å². The van der Waals surface area contributed by atoms with E-state index in [0.717, 1.165) is 43.6 Å². The van der Waals surface area contributed by atoms with E-state index in [0.29, 0.717) is 12.3 Å². The van der Waals surface area contributed by atoms with Gasteiger partial charge in [-0.25, -0.2) is 0 Å².